The zero-order valence-electron chi connectivity index (χ0n) is 5.06. The molecule has 0 rings (SSSR count). The summed E-state index contributed by atoms with van der Waals surface area (Å²) in [6.07, 6.45) is 0. The molecule has 0 aliphatic heterocycles. The molecule has 0 aromatic carbocycles. The molecule has 1 radical (unpaired) electrons. The largest absolute Gasteiger partial charge is 0.409 e. The van der Waals surface area contributed by atoms with E-state index >= 15 is 0 Å². The fourth-order valence-corrected chi connectivity index (χ4v) is 0.423. The Balaban J connectivity index is 0. The van der Waals surface area contributed by atoms with Crippen LogP contribution >= 0.6 is 10.4 Å². The molecule has 0 saturated carbocycles. The number of hydrogen-bond donors (Lipinski definition) is 1. The van der Waals surface area contributed by atoms with Crippen LogP contribution in [-0.4, -0.2) is 73.9 Å². The van der Waals surface area contributed by atoms with E-state index in [2.05, 4.69) is 0 Å². The second-order valence-electron chi connectivity index (χ2n) is 1.32. The van der Waals surface area contributed by atoms with Crippen molar-refractivity contribution in [3.8, 4) is 0 Å². The van der Waals surface area contributed by atoms with Gasteiger partial charge in [-0.1, -0.05) is 19.4 Å². The molecule has 0 fully saturated rings. The van der Waals surface area contributed by atoms with Crippen molar-refractivity contribution in [2.24, 2.45) is 0 Å². The van der Waals surface area contributed by atoms with Crippen LogP contribution in [0.15, 0.2) is 0 Å². The van der Waals surface area contributed by atoms with Crippen LogP contribution in [0.25, 0.3) is 0 Å². The first kappa shape index (κ1) is 14.8. The number of hydrazine groups is 1. The van der Waals surface area contributed by atoms with E-state index in [1.807, 2.05) is 0 Å². The molecule has 0 unspecified atom stereocenters. The first-order valence-corrected chi connectivity index (χ1v) is 3.52. The third kappa shape index (κ3) is 14.1. The van der Waals surface area contributed by atoms with Gasteiger partial charge < -0.3 is 0 Å². The van der Waals surface area contributed by atoms with Crippen molar-refractivity contribution in [3.63, 3.8) is 0 Å². The Morgan fingerprint density at radius 2 is 1.45 bits per heavy atom. The summed E-state index contributed by atoms with van der Waals surface area (Å²) >= 11 is 0. The summed E-state index contributed by atoms with van der Waals surface area (Å²) in [5, 5.41) is 6.60. The number of hydrogen-bond acceptors (Lipinski definition) is 2. The van der Waals surface area contributed by atoms with E-state index in [0.717, 1.165) is 0 Å². The molecular weight excluding hydrogens is 320 g/mol. The van der Waals surface area contributed by atoms with Crippen LogP contribution in [0.4, 0.5) is 19.4 Å². The maximum atomic E-state index is 10.9. The summed E-state index contributed by atoms with van der Waals surface area (Å²) in [4.78, 5) is 7.99. The zero-order valence-corrected chi connectivity index (χ0v) is 12.2. The van der Waals surface area contributed by atoms with Crippen LogP contribution in [0, 0.1) is 10.1 Å². The quantitative estimate of drug-likeness (QED) is 0.478. The second-order valence-corrected chi connectivity index (χ2v) is 3.44. The van der Waals surface area contributed by atoms with Gasteiger partial charge >= 0.3 is 10.4 Å². The third-order valence-electron chi connectivity index (χ3n) is 0.247. The molecule has 0 heterocycles. The van der Waals surface area contributed by atoms with E-state index in [9.17, 15) is 19.4 Å². The molecule has 11 heteroatoms. The van der Waals surface area contributed by atoms with E-state index in [1.54, 1.807) is 0 Å². The van der Waals surface area contributed by atoms with E-state index in [-0.39, 0.29) is 68.9 Å². The molecular formula is HCsF5N2O2S. The molecule has 4 nitrogen and oxygen atoms in total. The van der Waals surface area contributed by atoms with Crippen molar-refractivity contribution >= 4 is 79.3 Å². The molecule has 11 heavy (non-hydrogen) atoms. The maximum absolute atomic E-state index is 10.9. The summed E-state index contributed by atoms with van der Waals surface area (Å²) in [6.45, 7) is 0. The monoisotopic (exact) mass is 321 g/mol. The molecule has 0 bridgehead atoms. The topological polar surface area (TPSA) is 55.2 Å². The number of halogens is 5. The Kier molecular flexibility index (Phi) is 3.87. The fraction of sp³-hybridized carbons (Fsp3) is 0. The first-order valence-electron chi connectivity index (χ1n) is 1.56. The normalized spacial score (nSPS) is 17.2. The minimum absolute atomic E-state index is 0. The molecule has 0 aliphatic rings. The molecule has 0 saturated heterocycles. The minimum Gasteiger partial charge on any atom is -0.234 e. The summed E-state index contributed by atoms with van der Waals surface area (Å²) in [5.74, 6) is 0. The fourth-order valence-electron chi connectivity index (χ4n) is 0.141. The van der Waals surface area contributed by atoms with Crippen LogP contribution in [0.3, 0.4) is 0 Å². The first-order chi connectivity index (χ1) is 3.89. The standard InChI is InChI=1S/Cs.F5HN2O2S/c;1-10(2,3,4,5)6-7(8)9/h;6H. The predicted octanol–water partition coefficient (Wildman–Crippen LogP) is 1.60. The van der Waals surface area contributed by atoms with E-state index in [0.29, 0.717) is 0 Å². The van der Waals surface area contributed by atoms with Crippen LogP contribution < -0.4 is 4.83 Å². The van der Waals surface area contributed by atoms with E-state index in [1.165, 1.54) is 0 Å². The van der Waals surface area contributed by atoms with Crippen LogP contribution in [0.5, 0.6) is 0 Å². The predicted molar refractivity (Wildman–Crippen MR) is 29.0 cm³/mol. The summed E-state index contributed by atoms with van der Waals surface area (Å²) in [7, 11) is -10.1. The van der Waals surface area contributed by atoms with Crippen molar-refractivity contribution in [2.75, 3.05) is 0 Å². The van der Waals surface area contributed by atoms with Gasteiger partial charge in [0.05, 0.1) is 0 Å². The van der Waals surface area contributed by atoms with Crippen molar-refractivity contribution in [1.82, 2.24) is 4.83 Å². The molecule has 0 amide bonds. The van der Waals surface area contributed by atoms with Crippen molar-refractivity contribution in [3.05, 3.63) is 10.1 Å². The molecule has 65 valence electrons. The van der Waals surface area contributed by atoms with Gasteiger partial charge in [-0.05, 0) is 0 Å². The summed E-state index contributed by atoms with van der Waals surface area (Å²) < 4.78 is 54.6. The Bertz CT molecular complexity index is 170. The van der Waals surface area contributed by atoms with Gasteiger partial charge in [-0.2, -0.15) is 0 Å². The van der Waals surface area contributed by atoms with Gasteiger partial charge in [0, 0.05) is 73.7 Å². The number of nitrogens with one attached hydrogen (secondary N) is 1. The average Bonchev–Trinajstić information content (AvgIpc) is 1.12. The Labute approximate surface area is 116 Å². The molecule has 0 aromatic rings. The van der Waals surface area contributed by atoms with Gasteiger partial charge in [0.15, 0.2) is 5.03 Å². The van der Waals surface area contributed by atoms with Crippen LogP contribution in [-0.2, 0) is 0 Å². The second kappa shape index (κ2) is 2.88. The van der Waals surface area contributed by atoms with Gasteiger partial charge in [-0.25, -0.2) is 10.1 Å². The Hall–Kier alpha value is 1.25. The number of rotatable bonds is 2. The van der Waals surface area contributed by atoms with Crippen LogP contribution in [0.2, 0.25) is 0 Å². The third-order valence-corrected chi connectivity index (χ3v) is 0.741. The Morgan fingerprint density at radius 1 is 1.18 bits per heavy atom. The van der Waals surface area contributed by atoms with Gasteiger partial charge in [-0.15, -0.1) is 0 Å². The van der Waals surface area contributed by atoms with Gasteiger partial charge in [0.2, 0.25) is 0 Å². The van der Waals surface area contributed by atoms with Crippen molar-refractivity contribution in [2.45, 2.75) is 0 Å². The summed E-state index contributed by atoms with van der Waals surface area (Å²) in [5.41, 5.74) is 0. The Morgan fingerprint density at radius 3 is 1.45 bits per heavy atom. The molecule has 0 aromatic heterocycles. The summed E-state index contributed by atoms with van der Waals surface area (Å²) in [6, 6.07) is 0. The number of nitro groups is 1. The van der Waals surface area contributed by atoms with Crippen LogP contribution in [0.1, 0.15) is 0 Å². The van der Waals surface area contributed by atoms with Gasteiger partial charge in [0.25, 0.3) is 0 Å². The van der Waals surface area contributed by atoms with Crippen molar-refractivity contribution < 1.29 is 24.5 Å². The van der Waals surface area contributed by atoms with Gasteiger partial charge in [0.1, 0.15) is 0 Å². The molecule has 0 atom stereocenters. The SMILES string of the molecule is O=[N+]([O-])NS(F)(F)(F)(F)F.[Cs]. The molecule has 0 spiro atoms. The smallest absolute Gasteiger partial charge is 0.234 e. The van der Waals surface area contributed by atoms with Crippen molar-refractivity contribution in [1.29, 1.82) is 0 Å². The molecule has 0 aliphatic carbocycles. The minimum atomic E-state index is -10.1. The maximum Gasteiger partial charge on any atom is 0.409 e. The zero-order chi connectivity index (χ0) is 8.69. The molecule has 1 N–H and O–H groups in total. The van der Waals surface area contributed by atoms with Gasteiger partial charge in [-0.3, -0.25) is 0 Å². The van der Waals surface area contributed by atoms with E-state index < -0.39 is 20.3 Å². The van der Waals surface area contributed by atoms with E-state index in [4.69, 9.17) is 10.1 Å². The average molecular weight is 321 g/mol. The number of nitrogens with zero attached hydrogens (tertiary/aromatic N) is 1.